The van der Waals surface area contributed by atoms with Crippen LogP contribution in [0.25, 0.3) is 0 Å². The maximum absolute atomic E-state index is 12.4. The molecule has 0 aliphatic carbocycles. The highest BCUT2D eigenvalue weighted by Gasteiger charge is 2.50. The van der Waals surface area contributed by atoms with Crippen molar-refractivity contribution in [2.24, 2.45) is 5.41 Å². The van der Waals surface area contributed by atoms with Crippen molar-refractivity contribution in [2.75, 3.05) is 19.7 Å². The third-order valence-electron chi connectivity index (χ3n) is 4.97. The predicted octanol–water partition coefficient (Wildman–Crippen LogP) is 1.88. The molecule has 5 heteroatoms. The van der Waals surface area contributed by atoms with Crippen molar-refractivity contribution >= 4 is 5.91 Å². The highest BCUT2D eigenvalue weighted by molar-refractivity contribution is 5.79. The van der Waals surface area contributed by atoms with Crippen molar-refractivity contribution < 1.29 is 9.53 Å². The number of aromatic nitrogens is 2. The minimum absolute atomic E-state index is 0.159. The summed E-state index contributed by atoms with van der Waals surface area (Å²) in [6, 6.07) is 9.93. The molecule has 4 rings (SSSR count). The van der Waals surface area contributed by atoms with E-state index < -0.39 is 0 Å². The molecule has 2 fully saturated rings. The molecule has 2 aromatic rings. The Balaban J connectivity index is 1.28. The van der Waals surface area contributed by atoms with Crippen molar-refractivity contribution in [1.29, 1.82) is 0 Å². The van der Waals surface area contributed by atoms with E-state index in [0.717, 1.165) is 43.7 Å². The average Bonchev–Trinajstić information content (AvgIpc) is 2.99. The molecule has 2 aliphatic heterocycles. The Morgan fingerprint density at radius 1 is 1.17 bits per heavy atom. The third kappa shape index (κ3) is 3.17. The van der Waals surface area contributed by atoms with Gasteiger partial charge in [-0.25, -0.2) is 9.97 Å². The SMILES string of the molecule is O=C(Cc1ccccc1)N1CC2(COC(Cc3cncnc3)C2)C1. The third-order valence-corrected chi connectivity index (χ3v) is 4.97. The van der Waals surface area contributed by atoms with Gasteiger partial charge >= 0.3 is 0 Å². The zero-order valence-corrected chi connectivity index (χ0v) is 13.6. The minimum atomic E-state index is 0.159. The van der Waals surface area contributed by atoms with E-state index in [4.69, 9.17) is 4.74 Å². The second-order valence-electron chi connectivity index (χ2n) is 7.00. The summed E-state index contributed by atoms with van der Waals surface area (Å²) in [6.07, 6.45) is 7.79. The fourth-order valence-electron chi connectivity index (χ4n) is 3.77. The van der Waals surface area contributed by atoms with E-state index in [1.54, 1.807) is 6.33 Å². The fraction of sp³-hybridized carbons (Fsp3) is 0.421. The van der Waals surface area contributed by atoms with Gasteiger partial charge in [-0.2, -0.15) is 0 Å². The summed E-state index contributed by atoms with van der Waals surface area (Å²) in [5, 5.41) is 0. The van der Waals surface area contributed by atoms with Crippen LogP contribution in [0.2, 0.25) is 0 Å². The fourth-order valence-corrected chi connectivity index (χ4v) is 3.77. The summed E-state index contributed by atoms with van der Waals surface area (Å²) < 4.78 is 5.97. The number of nitrogens with zero attached hydrogens (tertiary/aromatic N) is 3. The van der Waals surface area contributed by atoms with Gasteiger partial charge in [0.15, 0.2) is 0 Å². The molecule has 3 heterocycles. The maximum Gasteiger partial charge on any atom is 0.227 e. The monoisotopic (exact) mass is 323 g/mol. The first-order valence-corrected chi connectivity index (χ1v) is 8.40. The van der Waals surface area contributed by atoms with Gasteiger partial charge in [-0.05, 0) is 17.5 Å². The van der Waals surface area contributed by atoms with Crippen molar-refractivity contribution in [2.45, 2.75) is 25.4 Å². The quantitative estimate of drug-likeness (QED) is 0.862. The Morgan fingerprint density at radius 2 is 1.92 bits per heavy atom. The van der Waals surface area contributed by atoms with Crippen molar-refractivity contribution in [3.8, 4) is 0 Å². The zero-order valence-electron chi connectivity index (χ0n) is 13.6. The largest absolute Gasteiger partial charge is 0.377 e. The minimum Gasteiger partial charge on any atom is -0.377 e. The lowest BCUT2D eigenvalue weighted by Gasteiger charge is -2.47. The van der Waals surface area contributed by atoms with Crippen molar-refractivity contribution in [3.05, 3.63) is 60.2 Å². The number of carbonyl (C=O) groups is 1. The normalized spacial score (nSPS) is 21.7. The van der Waals surface area contributed by atoms with Gasteiger partial charge in [0, 0.05) is 37.3 Å². The number of likely N-dealkylation sites (tertiary alicyclic amines) is 1. The van der Waals surface area contributed by atoms with E-state index in [1.807, 2.05) is 47.6 Å². The van der Waals surface area contributed by atoms with Crippen LogP contribution in [0.5, 0.6) is 0 Å². The van der Waals surface area contributed by atoms with E-state index in [-0.39, 0.29) is 17.4 Å². The number of hydrogen-bond acceptors (Lipinski definition) is 4. The van der Waals surface area contributed by atoms with Crippen molar-refractivity contribution in [3.63, 3.8) is 0 Å². The summed E-state index contributed by atoms with van der Waals surface area (Å²) in [5.74, 6) is 0.215. The van der Waals surface area contributed by atoms with E-state index in [2.05, 4.69) is 9.97 Å². The van der Waals surface area contributed by atoms with Crippen LogP contribution in [0, 0.1) is 5.41 Å². The number of rotatable bonds is 4. The smallest absolute Gasteiger partial charge is 0.227 e. The van der Waals surface area contributed by atoms with Gasteiger partial charge < -0.3 is 9.64 Å². The molecule has 0 N–H and O–H groups in total. The molecule has 0 bridgehead atoms. The van der Waals surface area contributed by atoms with E-state index in [1.165, 1.54) is 0 Å². The number of ether oxygens (including phenoxy) is 1. The van der Waals surface area contributed by atoms with Gasteiger partial charge in [0.2, 0.25) is 5.91 Å². The summed E-state index contributed by atoms with van der Waals surface area (Å²) in [5.41, 5.74) is 2.34. The van der Waals surface area contributed by atoms with Gasteiger partial charge in [-0.15, -0.1) is 0 Å². The van der Waals surface area contributed by atoms with Crippen LogP contribution in [0.4, 0.5) is 0 Å². The second-order valence-corrected chi connectivity index (χ2v) is 7.00. The molecular weight excluding hydrogens is 302 g/mol. The van der Waals surface area contributed by atoms with Crippen LogP contribution in [0.3, 0.4) is 0 Å². The zero-order chi connectivity index (χ0) is 16.4. The van der Waals surface area contributed by atoms with Crippen LogP contribution >= 0.6 is 0 Å². The van der Waals surface area contributed by atoms with E-state index in [9.17, 15) is 4.79 Å². The predicted molar refractivity (Wildman–Crippen MR) is 89.3 cm³/mol. The topological polar surface area (TPSA) is 55.3 Å². The summed E-state index contributed by atoms with van der Waals surface area (Å²) in [6.45, 7) is 2.39. The van der Waals surface area contributed by atoms with Crippen LogP contribution in [-0.4, -0.2) is 46.6 Å². The maximum atomic E-state index is 12.4. The Morgan fingerprint density at radius 3 is 2.67 bits per heavy atom. The van der Waals surface area contributed by atoms with Crippen LogP contribution in [-0.2, 0) is 22.4 Å². The molecule has 124 valence electrons. The number of hydrogen-bond donors (Lipinski definition) is 0. The number of carbonyl (C=O) groups excluding carboxylic acids is 1. The Bertz CT molecular complexity index is 699. The molecule has 1 spiro atoms. The molecule has 0 saturated carbocycles. The Hall–Kier alpha value is -2.27. The van der Waals surface area contributed by atoms with Crippen LogP contribution < -0.4 is 0 Å². The molecule has 1 unspecified atom stereocenters. The molecule has 5 nitrogen and oxygen atoms in total. The van der Waals surface area contributed by atoms with Gasteiger partial charge in [-0.3, -0.25) is 4.79 Å². The summed E-state index contributed by atoms with van der Waals surface area (Å²) >= 11 is 0. The lowest BCUT2D eigenvalue weighted by Crippen LogP contribution is -2.59. The first-order chi connectivity index (χ1) is 11.7. The summed E-state index contributed by atoms with van der Waals surface area (Å²) in [7, 11) is 0. The Labute approximate surface area is 141 Å². The number of amides is 1. The lowest BCUT2D eigenvalue weighted by molar-refractivity contribution is -0.142. The first kappa shape index (κ1) is 15.3. The molecule has 2 aliphatic rings. The van der Waals surface area contributed by atoms with Crippen LogP contribution in [0.15, 0.2) is 49.1 Å². The van der Waals surface area contributed by atoms with E-state index in [0.29, 0.717) is 6.42 Å². The average molecular weight is 323 g/mol. The molecule has 0 radical (unpaired) electrons. The van der Waals surface area contributed by atoms with Crippen LogP contribution in [0.1, 0.15) is 17.5 Å². The highest BCUT2D eigenvalue weighted by atomic mass is 16.5. The van der Waals surface area contributed by atoms with Gasteiger partial charge in [0.05, 0.1) is 19.1 Å². The molecular formula is C19H21N3O2. The number of benzene rings is 1. The Kier molecular flexibility index (Phi) is 4.02. The van der Waals surface area contributed by atoms with Crippen molar-refractivity contribution in [1.82, 2.24) is 14.9 Å². The second kappa shape index (κ2) is 6.32. The molecule has 24 heavy (non-hydrogen) atoms. The molecule has 1 aromatic heterocycles. The van der Waals surface area contributed by atoms with E-state index >= 15 is 0 Å². The van der Waals surface area contributed by atoms with Gasteiger partial charge in [0.25, 0.3) is 0 Å². The van der Waals surface area contributed by atoms with Gasteiger partial charge in [0.1, 0.15) is 6.33 Å². The summed E-state index contributed by atoms with van der Waals surface area (Å²) in [4.78, 5) is 22.4. The standard InChI is InChI=1S/C19H21N3O2/c23-18(7-15-4-2-1-3-5-15)22-11-19(12-22)8-17(24-13-19)6-16-9-20-14-21-10-16/h1-5,9-10,14,17H,6-8,11-13H2. The van der Waals surface area contributed by atoms with Gasteiger partial charge in [-0.1, -0.05) is 30.3 Å². The molecule has 1 aromatic carbocycles. The molecule has 1 atom stereocenters. The lowest BCUT2D eigenvalue weighted by atomic mass is 9.77. The molecule has 2 saturated heterocycles. The highest BCUT2D eigenvalue weighted by Crippen LogP contribution is 2.42. The molecule has 1 amide bonds. The first-order valence-electron chi connectivity index (χ1n) is 8.40.